The van der Waals surface area contributed by atoms with Gasteiger partial charge in [0.25, 0.3) is 0 Å². The Morgan fingerprint density at radius 1 is 1.23 bits per heavy atom. The van der Waals surface area contributed by atoms with Crippen LogP contribution >= 0.6 is 11.6 Å². The van der Waals surface area contributed by atoms with Crippen molar-refractivity contribution >= 4 is 44.8 Å². The number of carboxylic acid groups (broad SMARTS) is 1. The number of anilines is 1. The van der Waals surface area contributed by atoms with E-state index in [-0.39, 0.29) is 29.3 Å². The van der Waals surface area contributed by atoms with Crippen molar-refractivity contribution in [3.63, 3.8) is 0 Å². The van der Waals surface area contributed by atoms with E-state index in [1.54, 1.807) is 0 Å². The van der Waals surface area contributed by atoms with Crippen molar-refractivity contribution in [1.29, 1.82) is 0 Å². The molecular formula is C13H14ClNO6S. The summed E-state index contributed by atoms with van der Waals surface area (Å²) in [4.78, 5) is 33.2. The average Bonchev–Trinajstić information content (AvgIpc) is 2.44. The van der Waals surface area contributed by atoms with Gasteiger partial charge in [0.2, 0.25) is 15.8 Å². The van der Waals surface area contributed by atoms with Crippen LogP contribution in [-0.2, 0) is 19.6 Å². The van der Waals surface area contributed by atoms with Gasteiger partial charge in [0.1, 0.15) is 0 Å². The summed E-state index contributed by atoms with van der Waals surface area (Å²) in [7, 11) is -3.58. The number of carbonyl (C=O) groups is 3. The number of carboxylic acids is 1. The molecule has 0 aromatic heterocycles. The molecule has 0 aliphatic rings. The van der Waals surface area contributed by atoms with E-state index in [0.717, 1.165) is 0 Å². The van der Waals surface area contributed by atoms with Crippen LogP contribution in [0.25, 0.3) is 0 Å². The second-order valence-corrected chi connectivity index (χ2v) is 6.59. The number of ketones is 2. The minimum absolute atomic E-state index is 0.0483. The maximum absolute atomic E-state index is 11.8. The molecule has 0 amide bonds. The van der Waals surface area contributed by atoms with Crippen LogP contribution in [0, 0.1) is 0 Å². The molecule has 9 heteroatoms. The topological polar surface area (TPSA) is 118 Å². The van der Waals surface area contributed by atoms with Crippen LogP contribution in [0.1, 0.15) is 23.2 Å². The number of sulfonamides is 1. The summed E-state index contributed by atoms with van der Waals surface area (Å²) in [5.41, 5.74) is 0.204. The van der Waals surface area contributed by atoms with Crippen molar-refractivity contribution in [3.05, 3.63) is 29.8 Å². The number of hydrogen-bond acceptors (Lipinski definition) is 5. The Morgan fingerprint density at radius 3 is 2.50 bits per heavy atom. The van der Waals surface area contributed by atoms with Crippen molar-refractivity contribution in [2.45, 2.75) is 12.8 Å². The molecule has 22 heavy (non-hydrogen) atoms. The summed E-state index contributed by atoms with van der Waals surface area (Å²) < 4.78 is 25.7. The van der Waals surface area contributed by atoms with Crippen LogP contribution in [0.2, 0.25) is 0 Å². The fourth-order valence-electron chi connectivity index (χ4n) is 1.55. The first-order chi connectivity index (χ1) is 10.2. The molecule has 0 unspecified atom stereocenters. The van der Waals surface area contributed by atoms with Gasteiger partial charge in [0.15, 0.2) is 5.78 Å². The van der Waals surface area contributed by atoms with Crippen LogP contribution in [0.15, 0.2) is 24.3 Å². The molecule has 0 aliphatic carbocycles. The van der Waals surface area contributed by atoms with Gasteiger partial charge in [0, 0.05) is 17.1 Å². The summed E-state index contributed by atoms with van der Waals surface area (Å²) >= 11 is 5.43. The molecule has 0 fully saturated rings. The van der Waals surface area contributed by atoms with Gasteiger partial charge in [-0.2, -0.15) is 0 Å². The number of hydrogen-bond donors (Lipinski definition) is 2. The number of benzene rings is 1. The molecule has 0 aliphatic heterocycles. The van der Waals surface area contributed by atoms with E-state index in [1.165, 1.54) is 24.3 Å². The fraction of sp³-hybridized carbons (Fsp3) is 0.308. The largest absolute Gasteiger partial charge is 0.475 e. The molecule has 0 spiro atoms. The second kappa shape index (κ2) is 7.90. The third-order valence-electron chi connectivity index (χ3n) is 2.56. The highest BCUT2D eigenvalue weighted by Crippen LogP contribution is 2.14. The number of halogens is 1. The van der Waals surface area contributed by atoms with Crippen LogP contribution < -0.4 is 4.72 Å². The minimum Gasteiger partial charge on any atom is -0.475 e. The second-order valence-electron chi connectivity index (χ2n) is 4.37. The Morgan fingerprint density at radius 2 is 1.91 bits per heavy atom. The molecule has 0 bridgehead atoms. The number of aliphatic carboxylic acids is 1. The number of rotatable bonds is 9. The standard InChI is InChI=1S/C13H14ClNO6S/c14-5-2-6-22(20,21)15-10-4-1-3-9(7-10)11(16)8-12(17)13(18)19/h1,3-4,7,15H,2,5-6,8H2,(H,18,19). The third kappa shape index (κ3) is 5.82. The number of nitrogens with one attached hydrogen (secondary N) is 1. The lowest BCUT2D eigenvalue weighted by Gasteiger charge is -2.08. The minimum atomic E-state index is -3.58. The molecular weight excluding hydrogens is 334 g/mol. The SMILES string of the molecule is O=C(O)C(=O)CC(=O)c1cccc(NS(=O)(=O)CCCCl)c1. The van der Waals surface area contributed by atoms with E-state index in [0.29, 0.717) is 0 Å². The van der Waals surface area contributed by atoms with Crippen molar-refractivity contribution in [1.82, 2.24) is 0 Å². The molecule has 1 aromatic rings. The Balaban J connectivity index is 2.84. The molecule has 1 aromatic carbocycles. The Labute approximate surface area is 132 Å². The van der Waals surface area contributed by atoms with E-state index in [4.69, 9.17) is 16.7 Å². The Bertz CT molecular complexity index is 686. The van der Waals surface area contributed by atoms with E-state index < -0.39 is 34.0 Å². The van der Waals surface area contributed by atoms with Gasteiger partial charge in [-0.3, -0.25) is 14.3 Å². The molecule has 0 saturated heterocycles. The highest BCUT2D eigenvalue weighted by Gasteiger charge is 2.18. The third-order valence-corrected chi connectivity index (χ3v) is 4.20. The van der Waals surface area contributed by atoms with E-state index in [1.807, 2.05) is 0 Å². The summed E-state index contributed by atoms with van der Waals surface area (Å²) in [6.07, 6.45) is -0.500. The molecule has 120 valence electrons. The Hall–Kier alpha value is -1.93. The van der Waals surface area contributed by atoms with Gasteiger partial charge >= 0.3 is 5.97 Å². The van der Waals surface area contributed by atoms with E-state index in [9.17, 15) is 22.8 Å². The van der Waals surface area contributed by atoms with Crippen LogP contribution in [0.5, 0.6) is 0 Å². The zero-order valence-corrected chi connectivity index (χ0v) is 13.0. The lowest BCUT2D eigenvalue weighted by atomic mass is 10.1. The summed E-state index contributed by atoms with van der Waals surface area (Å²) in [5, 5.41) is 8.46. The zero-order chi connectivity index (χ0) is 16.8. The molecule has 7 nitrogen and oxygen atoms in total. The maximum Gasteiger partial charge on any atom is 0.372 e. The van der Waals surface area contributed by atoms with Gasteiger partial charge in [0.05, 0.1) is 12.2 Å². The lowest BCUT2D eigenvalue weighted by molar-refractivity contribution is -0.148. The molecule has 0 atom stereocenters. The fourth-order valence-corrected chi connectivity index (χ4v) is 2.96. The van der Waals surface area contributed by atoms with Crippen molar-refractivity contribution in [2.24, 2.45) is 0 Å². The van der Waals surface area contributed by atoms with Gasteiger partial charge in [-0.1, -0.05) is 12.1 Å². The molecule has 1 rings (SSSR count). The van der Waals surface area contributed by atoms with Crippen LogP contribution in [0.3, 0.4) is 0 Å². The van der Waals surface area contributed by atoms with Crippen LogP contribution in [-0.4, -0.2) is 42.7 Å². The van der Waals surface area contributed by atoms with Gasteiger partial charge in [-0.15, -0.1) is 11.6 Å². The first-order valence-electron chi connectivity index (χ1n) is 6.21. The first kappa shape index (κ1) is 18.1. The van der Waals surface area contributed by atoms with Gasteiger partial charge in [-0.05, 0) is 18.6 Å². The van der Waals surface area contributed by atoms with Crippen molar-refractivity contribution in [3.8, 4) is 0 Å². The van der Waals surface area contributed by atoms with Gasteiger partial charge < -0.3 is 5.11 Å². The van der Waals surface area contributed by atoms with Crippen molar-refractivity contribution in [2.75, 3.05) is 16.4 Å². The zero-order valence-electron chi connectivity index (χ0n) is 11.4. The molecule has 0 radical (unpaired) electrons. The van der Waals surface area contributed by atoms with E-state index >= 15 is 0 Å². The summed E-state index contributed by atoms with van der Waals surface area (Å²) in [6.45, 7) is 0. The first-order valence-corrected chi connectivity index (χ1v) is 8.39. The smallest absolute Gasteiger partial charge is 0.372 e. The van der Waals surface area contributed by atoms with E-state index in [2.05, 4.69) is 4.72 Å². The molecule has 2 N–H and O–H groups in total. The quantitative estimate of drug-likeness (QED) is 0.301. The summed E-state index contributed by atoms with van der Waals surface area (Å²) in [6, 6.07) is 5.48. The van der Waals surface area contributed by atoms with Gasteiger partial charge in [-0.25, -0.2) is 13.2 Å². The Kier molecular flexibility index (Phi) is 6.51. The van der Waals surface area contributed by atoms with Crippen molar-refractivity contribution < 1.29 is 27.9 Å². The molecule has 0 saturated carbocycles. The highest BCUT2D eigenvalue weighted by atomic mass is 35.5. The average molecular weight is 348 g/mol. The lowest BCUT2D eigenvalue weighted by Crippen LogP contribution is -2.18. The predicted molar refractivity (Wildman–Crippen MR) is 80.8 cm³/mol. The number of alkyl halides is 1. The normalized spacial score (nSPS) is 11.0. The maximum atomic E-state index is 11.8. The number of Topliss-reactive ketones (excluding diaryl/α,β-unsaturated/α-hetero) is 2. The monoisotopic (exact) mass is 347 g/mol. The van der Waals surface area contributed by atoms with Crippen LogP contribution in [0.4, 0.5) is 5.69 Å². The predicted octanol–water partition coefficient (Wildman–Crippen LogP) is 1.28. The molecule has 0 heterocycles. The number of carbonyl (C=O) groups excluding carboxylic acids is 2. The highest BCUT2D eigenvalue weighted by molar-refractivity contribution is 7.92. The summed E-state index contributed by atoms with van der Waals surface area (Å²) in [5.74, 6) is -3.57.